The van der Waals surface area contributed by atoms with Gasteiger partial charge in [-0.05, 0) is 42.0 Å². The Morgan fingerprint density at radius 2 is 1.61 bits per heavy atom. The second-order valence-electron chi connectivity index (χ2n) is 7.17. The van der Waals surface area contributed by atoms with Crippen LogP contribution < -0.4 is 9.64 Å². The second kappa shape index (κ2) is 9.27. The first-order valence-corrected chi connectivity index (χ1v) is 10.9. The van der Waals surface area contributed by atoms with Gasteiger partial charge in [0.05, 0.1) is 31.7 Å². The van der Waals surface area contributed by atoms with E-state index in [9.17, 15) is 9.59 Å². The van der Waals surface area contributed by atoms with Crippen LogP contribution in [0.15, 0.2) is 83.8 Å². The van der Waals surface area contributed by atoms with E-state index in [0.717, 1.165) is 21.9 Å². The van der Waals surface area contributed by atoms with Gasteiger partial charge in [0.25, 0.3) is 0 Å². The maximum atomic E-state index is 13.2. The van der Waals surface area contributed by atoms with E-state index >= 15 is 0 Å². The molecule has 1 saturated heterocycles. The quantitative estimate of drug-likeness (QED) is 0.299. The number of hydrogen-bond donors (Lipinski definition) is 0. The molecule has 158 valence electrons. The van der Waals surface area contributed by atoms with Crippen molar-refractivity contribution in [3.05, 3.63) is 90.0 Å². The summed E-state index contributed by atoms with van der Waals surface area (Å²) in [4.78, 5) is 27.9. The third kappa shape index (κ3) is 4.16. The van der Waals surface area contributed by atoms with Crippen LogP contribution in [0.5, 0.6) is 5.75 Å². The van der Waals surface area contributed by atoms with E-state index in [1.54, 1.807) is 13.2 Å². The lowest BCUT2D eigenvalue weighted by atomic mass is 9.83. The molecule has 0 aromatic heterocycles. The number of methoxy groups -OCH3 is 2. The molecule has 0 saturated carbocycles. The average Bonchev–Trinajstić information content (AvgIpc) is 2.83. The lowest BCUT2D eigenvalue weighted by Crippen LogP contribution is -2.56. The molecule has 0 N–H and O–H groups in total. The van der Waals surface area contributed by atoms with Crippen LogP contribution in [0.3, 0.4) is 0 Å². The summed E-state index contributed by atoms with van der Waals surface area (Å²) in [6.07, 6.45) is 0. The fraction of sp³-hybridized carbons (Fsp3) is 0.200. The zero-order valence-corrected chi connectivity index (χ0v) is 18.2. The molecule has 6 heteroatoms. The molecule has 2 atom stereocenters. The van der Waals surface area contributed by atoms with E-state index in [-0.39, 0.29) is 23.8 Å². The number of benzene rings is 3. The zero-order chi connectivity index (χ0) is 21.8. The minimum atomic E-state index is -0.373. The molecule has 0 spiro atoms. The zero-order valence-electron chi connectivity index (χ0n) is 17.4. The summed E-state index contributed by atoms with van der Waals surface area (Å²) < 4.78 is 10.1. The molecule has 1 aliphatic rings. The third-order valence-corrected chi connectivity index (χ3v) is 6.61. The lowest BCUT2D eigenvalue weighted by Gasteiger charge is -2.47. The van der Waals surface area contributed by atoms with Crippen molar-refractivity contribution in [2.75, 3.05) is 24.9 Å². The number of hydrogen-bond acceptors (Lipinski definition) is 5. The summed E-state index contributed by atoms with van der Waals surface area (Å²) in [5, 5.41) is 0. The normalized spacial score (nSPS) is 17.7. The maximum Gasteiger partial charge on any atom is 0.338 e. The first-order valence-electron chi connectivity index (χ1n) is 9.96. The van der Waals surface area contributed by atoms with Crippen molar-refractivity contribution in [2.45, 2.75) is 10.9 Å². The fourth-order valence-electron chi connectivity index (χ4n) is 3.82. The van der Waals surface area contributed by atoms with Crippen molar-refractivity contribution in [2.24, 2.45) is 5.92 Å². The molecule has 1 heterocycles. The number of carbonyl (C=O) groups excluding carboxylic acids is 2. The molecule has 1 fully saturated rings. The average molecular weight is 434 g/mol. The third-order valence-electron chi connectivity index (χ3n) is 5.42. The molecular formula is C25H23NO4S. The number of nitrogens with zero attached hydrogens (tertiary/aromatic N) is 1. The Balaban J connectivity index is 1.59. The van der Waals surface area contributed by atoms with Crippen LogP contribution >= 0.6 is 11.8 Å². The van der Waals surface area contributed by atoms with Crippen molar-refractivity contribution in [3.63, 3.8) is 0 Å². The number of β-lactam (4-membered cyclic amide) rings is 1. The van der Waals surface area contributed by atoms with E-state index in [1.165, 1.54) is 18.9 Å². The van der Waals surface area contributed by atoms with E-state index in [1.807, 2.05) is 77.7 Å². The van der Waals surface area contributed by atoms with Gasteiger partial charge in [0.2, 0.25) is 5.91 Å². The van der Waals surface area contributed by atoms with E-state index in [2.05, 4.69) is 0 Å². The molecule has 4 rings (SSSR count). The summed E-state index contributed by atoms with van der Waals surface area (Å²) >= 11 is 1.51. The predicted octanol–water partition coefficient (Wildman–Crippen LogP) is 4.98. The Labute approximate surface area is 186 Å². The van der Waals surface area contributed by atoms with Crippen molar-refractivity contribution in [3.8, 4) is 5.75 Å². The molecule has 5 nitrogen and oxygen atoms in total. The summed E-state index contributed by atoms with van der Waals surface area (Å²) in [6.45, 7) is 0. The highest BCUT2D eigenvalue weighted by molar-refractivity contribution is 7.99. The smallest absolute Gasteiger partial charge is 0.338 e. The largest absolute Gasteiger partial charge is 0.497 e. The van der Waals surface area contributed by atoms with Gasteiger partial charge in [0.15, 0.2) is 0 Å². The van der Waals surface area contributed by atoms with Crippen molar-refractivity contribution in [1.82, 2.24) is 0 Å². The Kier molecular flexibility index (Phi) is 6.28. The van der Waals surface area contributed by atoms with Gasteiger partial charge in [0, 0.05) is 16.3 Å². The highest BCUT2D eigenvalue weighted by Crippen LogP contribution is 2.46. The van der Waals surface area contributed by atoms with Gasteiger partial charge in [0.1, 0.15) is 5.75 Å². The van der Waals surface area contributed by atoms with Crippen LogP contribution in [0.1, 0.15) is 22.0 Å². The summed E-state index contributed by atoms with van der Waals surface area (Å²) in [6, 6.07) is 24.8. The molecule has 0 radical (unpaired) electrons. The van der Waals surface area contributed by atoms with Gasteiger partial charge < -0.3 is 14.4 Å². The van der Waals surface area contributed by atoms with Crippen LogP contribution in [0.25, 0.3) is 0 Å². The topological polar surface area (TPSA) is 55.8 Å². The number of ether oxygens (including phenoxy) is 2. The van der Waals surface area contributed by atoms with Gasteiger partial charge in [-0.1, -0.05) is 42.5 Å². The van der Waals surface area contributed by atoms with Gasteiger partial charge in [-0.3, -0.25) is 4.79 Å². The molecule has 0 aliphatic carbocycles. The number of esters is 1. The molecule has 3 aromatic carbocycles. The van der Waals surface area contributed by atoms with Crippen LogP contribution in [-0.2, 0) is 9.53 Å². The first-order chi connectivity index (χ1) is 15.1. The number of thioether (sulfide) groups is 1. The number of carbonyl (C=O) groups is 2. The van der Waals surface area contributed by atoms with E-state index in [4.69, 9.17) is 9.47 Å². The number of anilines is 1. The monoisotopic (exact) mass is 433 g/mol. The maximum absolute atomic E-state index is 13.2. The summed E-state index contributed by atoms with van der Waals surface area (Å²) in [7, 11) is 2.99. The Bertz CT molecular complexity index is 1070. The second-order valence-corrected chi connectivity index (χ2v) is 8.23. The Hall–Kier alpha value is -3.25. The van der Waals surface area contributed by atoms with Crippen LogP contribution in [0.2, 0.25) is 0 Å². The highest BCUT2D eigenvalue weighted by Gasteiger charge is 2.48. The van der Waals surface area contributed by atoms with Gasteiger partial charge >= 0.3 is 5.97 Å². The Morgan fingerprint density at radius 3 is 2.29 bits per heavy atom. The van der Waals surface area contributed by atoms with Crippen LogP contribution in [-0.4, -0.2) is 31.8 Å². The molecule has 0 unspecified atom stereocenters. The molecular weight excluding hydrogens is 410 g/mol. The van der Waals surface area contributed by atoms with Gasteiger partial charge in [-0.2, -0.15) is 0 Å². The first kappa shape index (κ1) is 21.0. The lowest BCUT2D eigenvalue weighted by molar-refractivity contribution is -0.129. The van der Waals surface area contributed by atoms with Crippen LogP contribution in [0.4, 0.5) is 5.69 Å². The van der Waals surface area contributed by atoms with Crippen LogP contribution in [0, 0.1) is 5.92 Å². The molecule has 1 aliphatic heterocycles. The van der Waals surface area contributed by atoms with Crippen molar-refractivity contribution >= 4 is 29.3 Å². The number of amides is 1. The standard InChI is InChI=1S/C25H23NO4S/c1-29-19-14-12-18(13-15-19)26-23(17-8-4-3-5-9-17)21(24(26)27)16-31-22-11-7-6-10-20(22)25(28)30-2/h3-15,21,23H,16H2,1-2H3/t21-,23+/m0/s1. The fourth-order valence-corrected chi connectivity index (χ4v) is 4.99. The summed E-state index contributed by atoms with van der Waals surface area (Å²) in [5.41, 5.74) is 2.45. The SMILES string of the molecule is COC(=O)c1ccccc1SC[C@@H]1C(=O)N(c2ccc(OC)cc2)[C@@H]1c1ccccc1. The van der Waals surface area contributed by atoms with E-state index in [0.29, 0.717) is 11.3 Å². The van der Waals surface area contributed by atoms with Crippen molar-refractivity contribution < 1.29 is 19.1 Å². The molecule has 3 aromatic rings. The minimum Gasteiger partial charge on any atom is -0.497 e. The Morgan fingerprint density at radius 1 is 0.935 bits per heavy atom. The minimum absolute atomic E-state index is 0.0696. The van der Waals surface area contributed by atoms with Crippen molar-refractivity contribution in [1.29, 1.82) is 0 Å². The predicted molar refractivity (Wildman–Crippen MR) is 122 cm³/mol. The molecule has 0 bridgehead atoms. The van der Waals surface area contributed by atoms with Gasteiger partial charge in [-0.25, -0.2) is 4.79 Å². The van der Waals surface area contributed by atoms with Gasteiger partial charge in [-0.15, -0.1) is 11.8 Å². The highest BCUT2D eigenvalue weighted by atomic mass is 32.2. The molecule has 1 amide bonds. The van der Waals surface area contributed by atoms with E-state index < -0.39 is 0 Å². The number of rotatable bonds is 7. The summed E-state index contributed by atoms with van der Waals surface area (Å²) in [5.74, 6) is 0.822. The molecule has 31 heavy (non-hydrogen) atoms.